The van der Waals surface area contributed by atoms with Crippen molar-refractivity contribution in [2.75, 3.05) is 6.61 Å². The number of primary sulfonamides is 1. The van der Waals surface area contributed by atoms with Gasteiger partial charge in [-0.1, -0.05) is 6.92 Å². The second-order valence-electron chi connectivity index (χ2n) is 3.43. The minimum atomic E-state index is -3.69. The van der Waals surface area contributed by atoms with Gasteiger partial charge in [-0.15, -0.1) is 0 Å². The van der Waals surface area contributed by atoms with E-state index in [0.717, 1.165) is 0 Å². The van der Waals surface area contributed by atoms with E-state index in [2.05, 4.69) is 0 Å². The van der Waals surface area contributed by atoms with Crippen molar-refractivity contribution < 1.29 is 17.5 Å². The molecule has 0 atom stereocenters. The Kier molecular flexibility index (Phi) is 4.65. The van der Waals surface area contributed by atoms with Crippen molar-refractivity contribution in [3.05, 3.63) is 36.2 Å². The Morgan fingerprint density at radius 1 is 1.41 bits per heavy atom. The van der Waals surface area contributed by atoms with E-state index in [4.69, 9.17) is 9.88 Å². The Hall–Kier alpha value is -1.40. The molecule has 0 aliphatic heterocycles. The summed E-state index contributed by atoms with van der Waals surface area (Å²) < 4.78 is 39.5. The SMILES string of the molecule is CC/C(=C/F)COc1ccc(S(N)(=O)=O)cc1. The third-order valence-electron chi connectivity index (χ3n) is 2.18. The van der Waals surface area contributed by atoms with Crippen LogP contribution in [0.15, 0.2) is 41.1 Å². The first-order valence-corrected chi connectivity index (χ1v) is 6.55. The van der Waals surface area contributed by atoms with Crippen molar-refractivity contribution in [3.63, 3.8) is 0 Å². The van der Waals surface area contributed by atoms with Crippen molar-refractivity contribution in [3.8, 4) is 5.75 Å². The summed E-state index contributed by atoms with van der Waals surface area (Å²) in [6.45, 7) is 1.96. The zero-order chi connectivity index (χ0) is 12.9. The van der Waals surface area contributed by atoms with E-state index in [0.29, 0.717) is 24.1 Å². The maximum atomic E-state index is 12.2. The molecule has 6 heteroatoms. The highest BCUT2D eigenvalue weighted by Crippen LogP contribution is 2.16. The molecule has 0 saturated carbocycles. The molecule has 0 bridgehead atoms. The maximum Gasteiger partial charge on any atom is 0.238 e. The first kappa shape index (κ1) is 13.7. The molecule has 0 spiro atoms. The van der Waals surface area contributed by atoms with Gasteiger partial charge >= 0.3 is 0 Å². The van der Waals surface area contributed by atoms with Gasteiger partial charge in [0.15, 0.2) is 0 Å². The third-order valence-corrected chi connectivity index (χ3v) is 3.11. The second-order valence-corrected chi connectivity index (χ2v) is 4.99. The van der Waals surface area contributed by atoms with Gasteiger partial charge in [-0.3, -0.25) is 0 Å². The van der Waals surface area contributed by atoms with E-state index in [1.165, 1.54) is 24.3 Å². The number of hydrogen-bond donors (Lipinski definition) is 1. The minimum Gasteiger partial charge on any atom is -0.489 e. The lowest BCUT2D eigenvalue weighted by Gasteiger charge is -2.07. The molecule has 0 aliphatic carbocycles. The molecule has 2 N–H and O–H groups in total. The minimum absolute atomic E-state index is 0.0154. The molecule has 1 aromatic rings. The lowest BCUT2D eigenvalue weighted by atomic mass is 10.2. The molecular weight excluding hydrogens is 245 g/mol. The number of nitrogens with two attached hydrogens (primary N) is 1. The molecule has 1 aromatic carbocycles. The van der Waals surface area contributed by atoms with Crippen LogP contribution in [0, 0.1) is 0 Å². The summed E-state index contributed by atoms with van der Waals surface area (Å²) >= 11 is 0. The molecule has 1 rings (SSSR count). The fourth-order valence-electron chi connectivity index (χ4n) is 1.11. The predicted molar refractivity (Wildman–Crippen MR) is 62.8 cm³/mol. The number of ether oxygens (including phenoxy) is 1. The summed E-state index contributed by atoms with van der Waals surface area (Å²) in [6, 6.07) is 5.64. The normalized spacial score (nSPS) is 12.5. The first-order chi connectivity index (χ1) is 7.97. The molecule has 0 aromatic heterocycles. The molecule has 0 fully saturated rings. The lowest BCUT2D eigenvalue weighted by Crippen LogP contribution is -2.11. The molecule has 0 saturated heterocycles. The van der Waals surface area contributed by atoms with E-state index in [1.54, 1.807) is 0 Å². The van der Waals surface area contributed by atoms with Gasteiger partial charge in [-0.2, -0.15) is 0 Å². The summed E-state index contributed by atoms with van der Waals surface area (Å²) in [5, 5.41) is 4.94. The summed E-state index contributed by atoms with van der Waals surface area (Å²) in [5.41, 5.74) is 0.528. The van der Waals surface area contributed by atoms with Crippen LogP contribution >= 0.6 is 0 Å². The summed E-state index contributed by atoms with van der Waals surface area (Å²) in [5.74, 6) is 0.463. The largest absolute Gasteiger partial charge is 0.489 e. The van der Waals surface area contributed by atoms with Crippen LogP contribution in [-0.2, 0) is 10.0 Å². The molecule has 0 unspecified atom stereocenters. The van der Waals surface area contributed by atoms with Crippen LogP contribution in [0.2, 0.25) is 0 Å². The molecule has 0 radical (unpaired) electrons. The molecule has 94 valence electrons. The average Bonchev–Trinajstić information content (AvgIpc) is 2.30. The van der Waals surface area contributed by atoms with Gasteiger partial charge in [0.2, 0.25) is 10.0 Å². The Morgan fingerprint density at radius 2 is 2.00 bits per heavy atom. The fourth-order valence-corrected chi connectivity index (χ4v) is 1.63. The molecule has 17 heavy (non-hydrogen) atoms. The molecule has 0 aliphatic rings. The molecule has 4 nitrogen and oxygen atoms in total. The van der Waals surface area contributed by atoms with Gasteiger partial charge in [-0.25, -0.2) is 17.9 Å². The Labute approximate surface area is 99.9 Å². The summed E-state index contributed by atoms with van der Waals surface area (Å²) in [4.78, 5) is 0.0154. The van der Waals surface area contributed by atoms with E-state index in [1.807, 2.05) is 6.92 Å². The fraction of sp³-hybridized carbons (Fsp3) is 0.273. The Balaban J connectivity index is 2.70. The zero-order valence-corrected chi connectivity index (χ0v) is 10.2. The Bertz CT molecular complexity index is 494. The van der Waals surface area contributed by atoms with Crippen LogP contribution in [0.25, 0.3) is 0 Å². The van der Waals surface area contributed by atoms with Crippen molar-refractivity contribution in [1.29, 1.82) is 0 Å². The highest BCUT2D eigenvalue weighted by Gasteiger charge is 2.07. The molecule has 0 heterocycles. The molecular formula is C11H14FNO3S. The van der Waals surface area contributed by atoms with Crippen LogP contribution < -0.4 is 9.88 Å². The van der Waals surface area contributed by atoms with E-state index in [-0.39, 0.29) is 11.5 Å². The van der Waals surface area contributed by atoms with Gasteiger partial charge in [0.25, 0.3) is 0 Å². The topological polar surface area (TPSA) is 69.4 Å². The van der Waals surface area contributed by atoms with Crippen LogP contribution in [-0.4, -0.2) is 15.0 Å². The van der Waals surface area contributed by atoms with Gasteiger partial charge in [-0.05, 0) is 36.3 Å². The van der Waals surface area contributed by atoms with Crippen molar-refractivity contribution in [2.24, 2.45) is 5.14 Å². The van der Waals surface area contributed by atoms with Gasteiger partial charge < -0.3 is 4.74 Å². The number of benzene rings is 1. The number of sulfonamides is 1. The average molecular weight is 259 g/mol. The number of hydrogen-bond acceptors (Lipinski definition) is 3. The van der Waals surface area contributed by atoms with E-state index in [9.17, 15) is 12.8 Å². The highest BCUT2D eigenvalue weighted by atomic mass is 32.2. The van der Waals surface area contributed by atoms with E-state index >= 15 is 0 Å². The number of halogens is 1. The van der Waals surface area contributed by atoms with Crippen molar-refractivity contribution in [2.45, 2.75) is 18.2 Å². The predicted octanol–water partition coefficient (Wildman–Crippen LogP) is 1.98. The van der Waals surface area contributed by atoms with Crippen molar-refractivity contribution in [1.82, 2.24) is 0 Å². The van der Waals surface area contributed by atoms with Crippen LogP contribution in [0.1, 0.15) is 13.3 Å². The van der Waals surface area contributed by atoms with Gasteiger partial charge in [0.05, 0.1) is 11.2 Å². The van der Waals surface area contributed by atoms with Crippen LogP contribution in [0.4, 0.5) is 4.39 Å². The van der Waals surface area contributed by atoms with Crippen molar-refractivity contribution >= 4 is 10.0 Å². The summed E-state index contributed by atoms with van der Waals surface area (Å²) in [7, 11) is -3.69. The smallest absolute Gasteiger partial charge is 0.238 e. The van der Waals surface area contributed by atoms with Crippen LogP contribution in [0.5, 0.6) is 5.75 Å². The lowest BCUT2D eigenvalue weighted by molar-refractivity contribution is 0.345. The quantitative estimate of drug-likeness (QED) is 0.879. The number of rotatable bonds is 5. The van der Waals surface area contributed by atoms with Gasteiger partial charge in [0, 0.05) is 0 Å². The zero-order valence-electron chi connectivity index (χ0n) is 9.39. The standard InChI is InChI=1S/C11H14FNO3S/c1-2-9(7-12)8-16-10-3-5-11(6-4-10)17(13,14)15/h3-7H,2,8H2,1H3,(H2,13,14,15)/b9-7-. The summed E-state index contributed by atoms with van der Waals surface area (Å²) in [6.07, 6.45) is 1.07. The highest BCUT2D eigenvalue weighted by molar-refractivity contribution is 7.89. The van der Waals surface area contributed by atoms with E-state index < -0.39 is 10.0 Å². The monoisotopic (exact) mass is 259 g/mol. The Morgan fingerprint density at radius 3 is 2.41 bits per heavy atom. The second kappa shape index (κ2) is 5.79. The molecule has 0 amide bonds. The van der Waals surface area contributed by atoms with Gasteiger partial charge in [0.1, 0.15) is 12.4 Å². The third kappa shape index (κ3) is 4.16. The van der Waals surface area contributed by atoms with Crippen LogP contribution in [0.3, 0.4) is 0 Å². The maximum absolute atomic E-state index is 12.2. The first-order valence-electron chi connectivity index (χ1n) is 5.01.